The lowest BCUT2D eigenvalue weighted by atomic mass is 10.3. The van der Waals surface area contributed by atoms with Gasteiger partial charge in [-0.25, -0.2) is 0 Å². The van der Waals surface area contributed by atoms with Gasteiger partial charge in [-0.2, -0.15) is 0 Å². The Labute approximate surface area is 133 Å². The predicted molar refractivity (Wildman–Crippen MR) is 92.2 cm³/mol. The topological polar surface area (TPSA) is 42.5 Å². The second-order valence-electron chi connectivity index (χ2n) is 4.80. The first-order valence-electron chi connectivity index (χ1n) is 7.55. The summed E-state index contributed by atoms with van der Waals surface area (Å²) >= 11 is 5.26. The highest BCUT2D eigenvalue weighted by Crippen LogP contribution is 2.19. The monoisotopic (exact) mass is 310 g/mol. The fourth-order valence-electron chi connectivity index (χ4n) is 1.66. The Morgan fingerprint density at radius 3 is 2.86 bits per heavy atom. The van der Waals surface area contributed by atoms with Crippen molar-refractivity contribution in [1.29, 1.82) is 0 Å². The highest BCUT2D eigenvalue weighted by Gasteiger charge is 2.03. The molecule has 0 amide bonds. The van der Waals surface area contributed by atoms with E-state index in [2.05, 4.69) is 24.5 Å². The molecule has 0 fully saturated rings. The summed E-state index contributed by atoms with van der Waals surface area (Å²) < 4.78 is 11.1. The maximum absolute atomic E-state index is 5.79. The van der Waals surface area contributed by atoms with E-state index in [1.54, 1.807) is 0 Å². The van der Waals surface area contributed by atoms with Crippen molar-refractivity contribution in [2.45, 2.75) is 39.7 Å². The fraction of sp³-hybridized carbons (Fsp3) is 0.562. The highest BCUT2D eigenvalue weighted by atomic mass is 32.1. The van der Waals surface area contributed by atoms with Crippen LogP contribution in [-0.4, -0.2) is 31.0 Å². The molecule has 0 heterocycles. The summed E-state index contributed by atoms with van der Waals surface area (Å²) in [6.07, 6.45) is 2.13. The first kappa shape index (κ1) is 17.7. The van der Waals surface area contributed by atoms with Crippen LogP contribution in [0.2, 0.25) is 0 Å². The number of anilines is 1. The fourth-order valence-corrected chi connectivity index (χ4v) is 1.88. The van der Waals surface area contributed by atoms with Gasteiger partial charge in [0.2, 0.25) is 0 Å². The lowest BCUT2D eigenvalue weighted by Gasteiger charge is -2.14. The quantitative estimate of drug-likeness (QED) is 0.539. The molecule has 4 nitrogen and oxygen atoms in total. The zero-order valence-electron chi connectivity index (χ0n) is 13.1. The van der Waals surface area contributed by atoms with E-state index in [4.69, 9.17) is 21.7 Å². The van der Waals surface area contributed by atoms with Crippen molar-refractivity contribution in [2.75, 3.05) is 25.1 Å². The summed E-state index contributed by atoms with van der Waals surface area (Å²) in [5, 5.41) is 6.94. The Balaban J connectivity index is 2.36. The minimum absolute atomic E-state index is 0.212. The molecule has 1 aromatic rings. The molecular formula is C16H26N2O2S. The van der Waals surface area contributed by atoms with Crippen LogP contribution in [0.1, 0.15) is 33.6 Å². The Kier molecular flexibility index (Phi) is 8.78. The van der Waals surface area contributed by atoms with Gasteiger partial charge in [0.25, 0.3) is 0 Å². The molecule has 1 rings (SSSR count). The van der Waals surface area contributed by atoms with Crippen molar-refractivity contribution >= 4 is 23.0 Å². The van der Waals surface area contributed by atoms with Crippen LogP contribution in [0.25, 0.3) is 0 Å². The zero-order chi connectivity index (χ0) is 15.5. The molecule has 0 aromatic heterocycles. The van der Waals surface area contributed by atoms with Crippen molar-refractivity contribution in [3.63, 3.8) is 0 Å². The van der Waals surface area contributed by atoms with Gasteiger partial charge in [0.05, 0.1) is 6.10 Å². The summed E-state index contributed by atoms with van der Waals surface area (Å²) in [7, 11) is 0. The second-order valence-corrected chi connectivity index (χ2v) is 5.20. The third kappa shape index (κ3) is 7.87. The van der Waals surface area contributed by atoms with Crippen LogP contribution < -0.4 is 15.4 Å². The average Bonchev–Trinajstić information content (AvgIpc) is 2.47. The van der Waals surface area contributed by atoms with E-state index in [1.807, 2.05) is 31.2 Å². The van der Waals surface area contributed by atoms with Gasteiger partial charge in [-0.15, -0.1) is 0 Å². The number of hydrogen-bond acceptors (Lipinski definition) is 3. The van der Waals surface area contributed by atoms with Gasteiger partial charge in [0.15, 0.2) is 5.11 Å². The van der Waals surface area contributed by atoms with Crippen LogP contribution in [-0.2, 0) is 4.74 Å². The molecule has 0 aliphatic carbocycles. The number of thiocarbonyl (C=S) groups is 1. The predicted octanol–water partition coefficient (Wildman–Crippen LogP) is 3.58. The molecule has 118 valence electrons. The SMILES string of the molecule is CCOCCCNC(=S)Nc1cccc(OC(C)CC)c1. The molecule has 0 saturated heterocycles. The second kappa shape index (κ2) is 10.4. The molecule has 1 unspecified atom stereocenters. The van der Waals surface area contributed by atoms with E-state index in [0.717, 1.165) is 44.0 Å². The third-order valence-electron chi connectivity index (χ3n) is 2.96. The van der Waals surface area contributed by atoms with Gasteiger partial charge in [-0.05, 0) is 51.0 Å². The molecule has 1 atom stereocenters. The molecule has 5 heteroatoms. The lowest BCUT2D eigenvalue weighted by molar-refractivity contribution is 0.146. The minimum atomic E-state index is 0.212. The molecule has 1 aromatic carbocycles. The summed E-state index contributed by atoms with van der Waals surface area (Å²) in [6.45, 7) is 8.47. The van der Waals surface area contributed by atoms with E-state index in [9.17, 15) is 0 Å². The van der Waals surface area contributed by atoms with E-state index in [-0.39, 0.29) is 6.10 Å². The van der Waals surface area contributed by atoms with Crippen molar-refractivity contribution < 1.29 is 9.47 Å². The van der Waals surface area contributed by atoms with Crippen molar-refractivity contribution in [3.05, 3.63) is 24.3 Å². The van der Waals surface area contributed by atoms with E-state index < -0.39 is 0 Å². The lowest BCUT2D eigenvalue weighted by Crippen LogP contribution is -2.29. The van der Waals surface area contributed by atoms with Gasteiger partial charge in [-0.1, -0.05) is 13.0 Å². The van der Waals surface area contributed by atoms with Crippen LogP contribution in [0.4, 0.5) is 5.69 Å². The maximum atomic E-state index is 5.79. The van der Waals surface area contributed by atoms with Gasteiger partial charge in [0, 0.05) is 31.5 Å². The molecule has 0 aliphatic rings. The van der Waals surface area contributed by atoms with Crippen LogP contribution in [0.15, 0.2) is 24.3 Å². The van der Waals surface area contributed by atoms with Gasteiger partial charge in [-0.3, -0.25) is 0 Å². The molecule has 0 aliphatic heterocycles. The van der Waals surface area contributed by atoms with Crippen molar-refractivity contribution in [2.24, 2.45) is 0 Å². The Bertz CT molecular complexity index is 426. The smallest absolute Gasteiger partial charge is 0.170 e. The Morgan fingerprint density at radius 1 is 1.33 bits per heavy atom. The first-order valence-corrected chi connectivity index (χ1v) is 7.95. The summed E-state index contributed by atoms with van der Waals surface area (Å²) in [5.74, 6) is 0.855. The van der Waals surface area contributed by atoms with Crippen molar-refractivity contribution in [3.8, 4) is 5.75 Å². The number of hydrogen-bond donors (Lipinski definition) is 2. The Morgan fingerprint density at radius 2 is 2.14 bits per heavy atom. The molecule has 0 radical (unpaired) electrons. The zero-order valence-corrected chi connectivity index (χ0v) is 14.0. The molecular weight excluding hydrogens is 284 g/mol. The molecule has 0 bridgehead atoms. The Hall–Kier alpha value is -1.33. The maximum Gasteiger partial charge on any atom is 0.170 e. The van der Waals surface area contributed by atoms with Crippen LogP contribution >= 0.6 is 12.2 Å². The average molecular weight is 310 g/mol. The van der Waals surface area contributed by atoms with Crippen LogP contribution in [0.3, 0.4) is 0 Å². The molecule has 0 spiro atoms. The third-order valence-corrected chi connectivity index (χ3v) is 3.21. The normalized spacial score (nSPS) is 11.8. The largest absolute Gasteiger partial charge is 0.491 e. The highest BCUT2D eigenvalue weighted by molar-refractivity contribution is 7.80. The van der Waals surface area contributed by atoms with Crippen LogP contribution in [0, 0.1) is 0 Å². The van der Waals surface area contributed by atoms with Crippen LogP contribution in [0.5, 0.6) is 5.75 Å². The number of rotatable bonds is 9. The van der Waals surface area contributed by atoms with Gasteiger partial charge in [0.1, 0.15) is 5.75 Å². The molecule has 2 N–H and O–H groups in total. The number of ether oxygens (including phenoxy) is 2. The number of benzene rings is 1. The van der Waals surface area contributed by atoms with E-state index in [0.29, 0.717) is 5.11 Å². The molecule has 21 heavy (non-hydrogen) atoms. The summed E-state index contributed by atoms with van der Waals surface area (Å²) in [4.78, 5) is 0. The minimum Gasteiger partial charge on any atom is -0.491 e. The first-order chi connectivity index (χ1) is 10.2. The summed E-state index contributed by atoms with van der Waals surface area (Å²) in [6, 6.07) is 7.84. The van der Waals surface area contributed by atoms with E-state index in [1.165, 1.54) is 0 Å². The van der Waals surface area contributed by atoms with Gasteiger partial charge >= 0.3 is 0 Å². The summed E-state index contributed by atoms with van der Waals surface area (Å²) in [5.41, 5.74) is 0.929. The standard InChI is InChI=1S/C16H26N2O2S/c1-4-13(3)20-15-9-6-8-14(12-15)18-16(21)17-10-7-11-19-5-2/h6,8-9,12-13H,4-5,7,10-11H2,1-3H3,(H2,17,18,21). The molecule has 0 saturated carbocycles. The number of nitrogens with one attached hydrogen (secondary N) is 2. The van der Waals surface area contributed by atoms with Crippen molar-refractivity contribution in [1.82, 2.24) is 5.32 Å². The van der Waals surface area contributed by atoms with E-state index >= 15 is 0 Å². The van der Waals surface area contributed by atoms with Gasteiger partial charge < -0.3 is 20.1 Å².